The van der Waals surface area contributed by atoms with Crippen molar-refractivity contribution in [2.45, 2.75) is 19.1 Å². The van der Waals surface area contributed by atoms with E-state index in [4.69, 9.17) is 22.1 Å². The Kier molecular flexibility index (Phi) is 4.86. The van der Waals surface area contributed by atoms with Crippen molar-refractivity contribution in [1.82, 2.24) is 0 Å². The van der Waals surface area contributed by atoms with Gasteiger partial charge in [0, 0.05) is 21.1 Å². The van der Waals surface area contributed by atoms with Crippen LogP contribution < -0.4 is 10.5 Å². The van der Waals surface area contributed by atoms with Crippen molar-refractivity contribution in [3.05, 3.63) is 63.6 Å². The minimum absolute atomic E-state index is 0.168. The molecule has 2 unspecified atom stereocenters. The van der Waals surface area contributed by atoms with Crippen LogP contribution in [0.25, 0.3) is 0 Å². The van der Waals surface area contributed by atoms with Gasteiger partial charge in [-0.25, -0.2) is 0 Å². The van der Waals surface area contributed by atoms with E-state index in [2.05, 4.69) is 15.9 Å². The van der Waals surface area contributed by atoms with Crippen molar-refractivity contribution in [3.63, 3.8) is 0 Å². The summed E-state index contributed by atoms with van der Waals surface area (Å²) in [6, 6.07) is 15.1. The molecule has 2 atom stereocenters. The molecule has 2 N–H and O–H groups in total. The van der Waals surface area contributed by atoms with Crippen LogP contribution >= 0.6 is 27.5 Å². The van der Waals surface area contributed by atoms with Gasteiger partial charge in [0.25, 0.3) is 0 Å². The molecule has 2 aromatic carbocycles. The second-order valence-electron chi connectivity index (χ2n) is 4.38. The van der Waals surface area contributed by atoms with E-state index < -0.39 is 0 Å². The third kappa shape index (κ3) is 3.72. The molecule has 0 aliphatic carbocycles. The van der Waals surface area contributed by atoms with Crippen molar-refractivity contribution in [2.75, 3.05) is 0 Å². The molecule has 19 heavy (non-hydrogen) atoms. The molecule has 0 heterocycles. The molecule has 0 saturated carbocycles. The van der Waals surface area contributed by atoms with E-state index in [-0.39, 0.29) is 12.1 Å². The largest absolute Gasteiger partial charge is 0.484 e. The van der Waals surface area contributed by atoms with E-state index in [0.29, 0.717) is 5.02 Å². The Morgan fingerprint density at radius 3 is 2.53 bits per heavy atom. The van der Waals surface area contributed by atoms with Crippen LogP contribution in [-0.4, -0.2) is 6.04 Å². The van der Waals surface area contributed by atoms with Gasteiger partial charge in [0.15, 0.2) is 0 Å². The van der Waals surface area contributed by atoms with E-state index in [0.717, 1.165) is 15.8 Å². The minimum atomic E-state index is -0.275. The van der Waals surface area contributed by atoms with Crippen molar-refractivity contribution in [1.29, 1.82) is 0 Å². The lowest BCUT2D eigenvalue weighted by atomic mass is 10.0. The standard InChI is InChI=1S/C15H15BrClNO/c1-10(18)15(13-7-2-3-8-14(13)17)19-12-6-4-5-11(16)9-12/h2-10,15H,18H2,1H3. The monoisotopic (exact) mass is 339 g/mol. The summed E-state index contributed by atoms with van der Waals surface area (Å²) in [4.78, 5) is 0. The average molecular weight is 341 g/mol. The fourth-order valence-electron chi connectivity index (χ4n) is 1.85. The molecule has 0 fully saturated rings. The quantitative estimate of drug-likeness (QED) is 0.885. The van der Waals surface area contributed by atoms with E-state index >= 15 is 0 Å². The third-order valence-corrected chi connectivity index (χ3v) is 3.59. The Morgan fingerprint density at radius 2 is 1.89 bits per heavy atom. The van der Waals surface area contributed by atoms with E-state index in [1.807, 2.05) is 55.5 Å². The second kappa shape index (κ2) is 6.42. The van der Waals surface area contributed by atoms with Gasteiger partial charge in [-0.2, -0.15) is 0 Å². The van der Waals surface area contributed by atoms with Gasteiger partial charge in [-0.3, -0.25) is 0 Å². The first-order chi connectivity index (χ1) is 9.08. The number of nitrogens with two attached hydrogens (primary N) is 1. The summed E-state index contributed by atoms with van der Waals surface area (Å²) < 4.78 is 6.95. The molecule has 2 aromatic rings. The molecular weight excluding hydrogens is 326 g/mol. The zero-order valence-electron chi connectivity index (χ0n) is 10.5. The summed E-state index contributed by atoms with van der Waals surface area (Å²) in [5.41, 5.74) is 6.93. The summed E-state index contributed by atoms with van der Waals surface area (Å²) in [5, 5.41) is 0.666. The Morgan fingerprint density at radius 1 is 1.16 bits per heavy atom. The summed E-state index contributed by atoms with van der Waals surface area (Å²) in [6.45, 7) is 1.91. The molecule has 2 nitrogen and oxygen atoms in total. The molecule has 0 radical (unpaired) electrons. The zero-order valence-corrected chi connectivity index (χ0v) is 12.9. The lowest BCUT2D eigenvalue weighted by Crippen LogP contribution is -2.29. The van der Waals surface area contributed by atoms with Gasteiger partial charge >= 0.3 is 0 Å². The molecule has 100 valence electrons. The minimum Gasteiger partial charge on any atom is -0.484 e. The van der Waals surface area contributed by atoms with Crippen molar-refractivity contribution in [2.24, 2.45) is 5.73 Å². The molecule has 4 heteroatoms. The summed E-state index contributed by atoms with van der Waals surface area (Å²) in [7, 11) is 0. The number of rotatable bonds is 4. The van der Waals surface area contributed by atoms with Gasteiger partial charge in [0.05, 0.1) is 0 Å². The summed E-state index contributed by atoms with van der Waals surface area (Å²) in [6.07, 6.45) is -0.275. The van der Waals surface area contributed by atoms with E-state index in [9.17, 15) is 0 Å². The van der Waals surface area contributed by atoms with E-state index in [1.165, 1.54) is 0 Å². The fraction of sp³-hybridized carbons (Fsp3) is 0.200. The first-order valence-electron chi connectivity index (χ1n) is 6.00. The third-order valence-electron chi connectivity index (χ3n) is 2.75. The number of halogens is 2. The van der Waals surface area contributed by atoms with Crippen LogP contribution in [-0.2, 0) is 0 Å². The summed E-state index contributed by atoms with van der Waals surface area (Å²) in [5.74, 6) is 0.761. The molecule has 0 amide bonds. The Balaban J connectivity index is 2.29. The average Bonchev–Trinajstić information content (AvgIpc) is 2.37. The van der Waals surface area contributed by atoms with Gasteiger partial charge in [0.2, 0.25) is 0 Å². The van der Waals surface area contributed by atoms with Gasteiger partial charge in [0.1, 0.15) is 11.9 Å². The lowest BCUT2D eigenvalue weighted by molar-refractivity contribution is 0.180. The molecule has 0 bridgehead atoms. The maximum atomic E-state index is 6.22. The number of benzene rings is 2. The predicted octanol–water partition coefficient (Wildman–Crippen LogP) is 4.57. The first-order valence-corrected chi connectivity index (χ1v) is 7.17. The molecule has 2 rings (SSSR count). The maximum absolute atomic E-state index is 6.22. The van der Waals surface area contributed by atoms with Gasteiger partial charge in [-0.05, 0) is 31.2 Å². The number of hydrogen-bond donors (Lipinski definition) is 1. The smallest absolute Gasteiger partial charge is 0.140 e. The lowest BCUT2D eigenvalue weighted by Gasteiger charge is -2.24. The number of ether oxygens (including phenoxy) is 1. The molecule has 0 saturated heterocycles. The zero-order chi connectivity index (χ0) is 13.8. The highest BCUT2D eigenvalue weighted by atomic mass is 79.9. The maximum Gasteiger partial charge on any atom is 0.140 e. The molecule has 0 aromatic heterocycles. The molecule has 0 aliphatic heterocycles. The Hall–Kier alpha value is -1.03. The van der Waals surface area contributed by atoms with Crippen molar-refractivity contribution >= 4 is 27.5 Å². The SMILES string of the molecule is CC(N)C(Oc1cccc(Br)c1)c1ccccc1Cl. The van der Waals surface area contributed by atoms with Crippen LogP contribution in [0.5, 0.6) is 5.75 Å². The van der Waals surface area contributed by atoms with Crippen molar-refractivity contribution < 1.29 is 4.74 Å². The highest BCUT2D eigenvalue weighted by Crippen LogP contribution is 2.30. The van der Waals surface area contributed by atoms with Crippen LogP contribution in [0, 0.1) is 0 Å². The van der Waals surface area contributed by atoms with Crippen LogP contribution in [0.2, 0.25) is 5.02 Å². The second-order valence-corrected chi connectivity index (χ2v) is 5.70. The Labute approximate surface area is 126 Å². The molecule has 0 spiro atoms. The van der Waals surface area contributed by atoms with Gasteiger partial charge < -0.3 is 10.5 Å². The van der Waals surface area contributed by atoms with Crippen LogP contribution in [0.1, 0.15) is 18.6 Å². The highest BCUT2D eigenvalue weighted by molar-refractivity contribution is 9.10. The highest BCUT2D eigenvalue weighted by Gasteiger charge is 2.20. The van der Waals surface area contributed by atoms with Gasteiger partial charge in [-0.1, -0.05) is 51.8 Å². The normalized spacial score (nSPS) is 13.9. The fourth-order valence-corrected chi connectivity index (χ4v) is 2.47. The molecular formula is C15H15BrClNO. The van der Waals surface area contributed by atoms with Crippen LogP contribution in [0.15, 0.2) is 53.0 Å². The molecule has 0 aliphatic rings. The topological polar surface area (TPSA) is 35.2 Å². The summed E-state index contributed by atoms with van der Waals surface area (Å²) >= 11 is 9.64. The number of hydrogen-bond acceptors (Lipinski definition) is 2. The van der Waals surface area contributed by atoms with Crippen LogP contribution in [0.4, 0.5) is 0 Å². The Bertz CT molecular complexity index is 559. The van der Waals surface area contributed by atoms with Crippen molar-refractivity contribution in [3.8, 4) is 5.75 Å². The predicted molar refractivity (Wildman–Crippen MR) is 82.6 cm³/mol. The van der Waals surface area contributed by atoms with Crippen LogP contribution in [0.3, 0.4) is 0 Å². The van der Waals surface area contributed by atoms with E-state index in [1.54, 1.807) is 0 Å². The first kappa shape index (κ1) is 14.4. The van der Waals surface area contributed by atoms with Gasteiger partial charge in [-0.15, -0.1) is 0 Å².